The van der Waals surface area contributed by atoms with Gasteiger partial charge in [0.05, 0.1) is 12.8 Å². The average Bonchev–Trinajstić information content (AvgIpc) is 2.14. The van der Waals surface area contributed by atoms with Crippen molar-refractivity contribution in [1.82, 2.24) is 5.43 Å². The zero-order valence-corrected chi connectivity index (χ0v) is 3.63. The monoisotopic (exact) mass is 99.0 g/mol. The van der Waals surface area contributed by atoms with Gasteiger partial charge in [-0.2, -0.15) is 5.10 Å². The van der Waals surface area contributed by atoms with E-state index in [1.807, 2.05) is 0 Å². The molecule has 0 aromatic carbocycles. The zero-order valence-electron chi connectivity index (χ0n) is 3.63. The summed E-state index contributed by atoms with van der Waals surface area (Å²) in [7, 11) is 0. The molecule has 38 valence electrons. The molecule has 4 heteroatoms. The van der Waals surface area contributed by atoms with E-state index in [9.17, 15) is 0 Å². The molecule has 4 nitrogen and oxygen atoms in total. The molecule has 1 aliphatic rings. The van der Waals surface area contributed by atoms with E-state index in [1.165, 1.54) is 6.21 Å². The van der Waals surface area contributed by atoms with Crippen molar-refractivity contribution in [2.45, 2.75) is 0 Å². The number of rotatable bonds is 0. The van der Waals surface area contributed by atoms with Crippen molar-refractivity contribution >= 4 is 11.9 Å². The van der Waals surface area contributed by atoms with Gasteiger partial charge >= 0.3 is 0 Å². The highest BCUT2D eigenvalue weighted by atomic mass is 16.4. The van der Waals surface area contributed by atoms with Crippen molar-refractivity contribution in [1.29, 1.82) is 0 Å². The molecule has 0 amide bonds. The molecule has 0 fully saturated rings. The summed E-state index contributed by atoms with van der Waals surface area (Å²) in [6.07, 6.45) is 1.47. The second-order valence-corrected chi connectivity index (χ2v) is 1.18. The quantitative estimate of drug-likeness (QED) is 0.315. The van der Waals surface area contributed by atoms with E-state index in [0.717, 1.165) is 0 Å². The largest absolute Gasteiger partial charge is 0.411 e. The third-order valence-corrected chi connectivity index (χ3v) is 0.693. The van der Waals surface area contributed by atoms with Crippen molar-refractivity contribution < 1.29 is 5.21 Å². The standard InChI is InChI=1S/C3H5N3O/c7-6-3-1-4-5-2-3/h1,5,7H,2H2/b6-3-. The van der Waals surface area contributed by atoms with Gasteiger partial charge in [0.1, 0.15) is 5.71 Å². The van der Waals surface area contributed by atoms with Gasteiger partial charge in [0.15, 0.2) is 0 Å². The predicted octanol–water partition coefficient (Wildman–Crippen LogP) is -0.594. The fraction of sp³-hybridized carbons (Fsp3) is 0.333. The van der Waals surface area contributed by atoms with Crippen LogP contribution in [0.4, 0.5) is 0 Å². The fourth-order valence-electron chi connectivity index (χ4n) is 0.354. The molecular weight excluding hydrogens is 94.1 g/mol. The van der Waals surface area contributed by atoms with Crippen LogP contribution in [0.5, 0.6) is 0 Å². The molecule has 0 unspecified atom stereocenters. The van der Waals surface area contributed by atoms with Crippen LogP contribution >= 0.6 is 0 Å². The summed E-state index contributed by atoms with van der Waals surface area (Å²) >= 11 is 0. The molecule has 1 aliphatic heterocycles. The Bertz CT molecular complexity index is 115. The van der Waals surface area contributed by atoms with Crippen molar-refractivity contribution in [3.8, 4) is 0 Å². The molecule has 1 heterocycles. The van der Waals surface area contributed by atoms with E-state index in [-0.39, 0.29) is 0 Å². The maximum absolute atomic E-state index is 8.02. The van der Waals surface area contributed by atoms with Crippen LogP contribution in [-0.2, 0) is 0 Å². The highest BCUT2D eigenvalue weighted by Gasteiger charge is 1.98. The first-order valence-electron chi connectivity index (χ1n) is 1.90. The van der Waals surface area contributed by atoms with Gasteiger partial charge in [-0.1, -0.05) is 5.16 Å². The summed E-state index contributed by atoms with van der Waals surface area (Å²) in [6.45, 7) is 0.538. The van der Waals surface area contributed by atoms with Gasteiger partial charge in [0.25, 0.3) is 0 Å². The number of nitrogens with one attached hydrogen (secondary N) is 1. The van der Waals surface area contributed by atoms with Gasteiger partial charge in [-0.05, 0) is 0 Å². The van der Waals surface area contributed by atoms with E-state index >= 15 is 0 Å². The fourth-order valence-corrected chi connectivity index (χ4v) is 0.354. The highest BCUT2D eigenvalue weighted by Crippen LogP contribution is 1.76. The second kappa shape index (κ2) is 1.59. The number of oxime groups is 1. The predicted molar refractivity (Wildman–Crippen MR) is 25.7 cm³/mol. The molecule has 0 radical (unpaired) electrons. The SMILES string of the molecule is O/N=C1/C=NNC1. The maximum Gasteiger partial charge on any atom is 0.120 e. The van der Waals surface area contributed by atoms with Crippen molar-refractivity contribution in [3.63, 3.8) is 0 Å². The zero-order chi connectivity index (χ0) is 5.11. The summed E-state index contributed by atoms with van der Waals surface area (Å²) in [4.78, 5) is 0. The lowest BCUT2D eigenvalue weighted by Gasteiger charge is -1.81. The van der Waals surface area contributed by atoms with Gasteiger partial charge in [-0.15, -0.1) is 0 Å². The molecular formula is C3H5N3O. The van der Waals surface area contributed by atoms with Crippen LogP contribution in [0.25, 0.3) is 0 Å². The first-order valence-corrected chi connectivity index (χ1v) is 1.90. The average molecular weight is 99.1 g/mol. The smallest absolute Gasteiger partial charge is 0.120 e. The van der Waals surface area contributed by atoms with Gasteiger partial charge in [-0.3, -0.25) is 0 Å². The van der Waals surface area contributed by atoms with Crippen molar-refractivity contribution in [2.75, 3.05) is 6.54 Å². The molecule has 0 bridgehead atoms. The molecule has 0 aromatic heterocycles. The third kappa shape index (κ3) is 0.677. The lowest BCUT2D eigenvalue weighted by molar-refractivity contribution is 0.319. The Labute approximate surface area is 40.5 Å². The molecule has 0 aliphatic carbocycles. The van der Waals surface area contributed by atoms with Crippen LogP contribution in [0.3, 0.4) is 0 Å². The Balaban J connectivity index is 2.59. The maximum atomic E-state index is 8.02. The summed E-state index contributed by atoms with van der Waals surface area (Å²) in [5.41, 5.74) is 3.17. The lowest BCUT2D eigenvalue weighted by Crippen LogP contribution is -2.08. The van der Waals surface area contributed by atoms with Crippen LogP contribution < -0.4 is 5.43 Å². The molecule has 0 aromatic rings. The first-order chi connectivity index (χ1) is 3.43. The van der Waals surface area contributed by atoms with Crippen LogP contribution in [0, 0.1) is 0 Å². The summed E-state index contributed by atoms with van der Waals surface area (Å²) in [5.74, 6) is 0. The Hall–Kier alpha value is -1.06. The van der Waals surface area contributed by atoms with Gasteiger partial charge < -0.3 is 10.6 Å². The Morgan fingerprint density at radius 3 is 3.14 bits per heavy atom. The minimum absolute atomic E-state index is 0.538. The summed E-state index contributed by atoms with van der Waals surface area (Å²) in [5, 5.41) is 14.5. The first kappa shape index (κ1) is 4.11. The van der Waals surface area contributed by atoms with Crippen LogP contribution in [0.2, 0.25) is 0 Å². The minimum Gasteiger partial charge on any atom is -0.411 e. The lowest BCUT2D eigenvalue weighted by atomic mass is 10.4. The number of hydrogen-bond acceptors (Lipinski definition) is 4. The molecule has 0 spiro atoms. The minimum atomic E-state index is 0.538. The molecule has 1 rings (SSSR count). The second-order valence-electron chi connectivity index (χ2n) is 1.18. The van der Waals surface area contributed by atoms with Crippen LogP contribution in [0.1, 0.15) is 0 Å². The summed E-state index contributed by atoms with van der Waals surface area (Å²) in [6, 6.07) is 0. The number of hydrogen-bond donors (Lipinski definition) is 2. The van der Waals surface area contributed by atoms with E-state index in [1.54, 1.807) is 0 Å². The number of nitrogens with zero attached hydrogens (tertiary/aromatic N) is 2. The van der Waals surface area contributed by atoms with E-state index < -0.39 is 0 Å². The van der Waals surface area contributed by atoms with Crippen LogP contribution in [-0.4, -0.2) is 23.7 Å². The highest BCUT2D eigenvalue weighted by molar-refractivity contribution is 6.32. The van der Waals surface area contributed by atoms with Crippen LogP contribution in [0.15, 0.2) is 10.3 Å². The Morgan fingerprint density at radius 2 is 2.86 bits per heavy atom. The topological polar surface area (TPSA) is 57.0 Å². The molecule has 7 heavy (non-hydrogen) atoms. The Morgan fingerprint density at radius 1 is 2.00 bits per heavy atom. The molecule has 2 N–H and O–H groups in total. The summed E-state index contributed by atoms with van der Waals surface area (Å²) < 4.78 is 0. The normalized spacial score (nSPS) is 23.1. The molecule has 0 atom stereocenters. The van der Waals surface area contributed by atoms with Crippen molar-refractivity contribution in [2.24, 2.45) is 10.3 Å². The van der Waals surface area contributed by atoms with Gasteiger partial charge in [-0.25, -0.2) is 0 Å². The Kier molecular flexibility index (Phi) is 0.934. The van der Waals surface area contributed by atoms with Gasteiger partial charge in [0, 0.05) is 0 Å². The van der Waals surface area contributed by atoms with Crippen molar-refractivity contribution in [3.05, 3.63) is 0 Å². The number of hydrazone groups is 1. The molecule has 0 saturated heterocycles. The third-order valence-electron chi connectivity index (χ3n) is 0.693. The van der Waals surface area contributed by atoms with Gasteiger partial charge in [0.2, 0.25) is 0 Å². The van der Waals surface area contributed by atoms with E-state index in [0.29, 0.717) is 12.3 Å². The molecule has 0 saturated carbocycles. The van der Waals surface area contributed by atoms with E-state index in [4.69, 9.17) is 5.21 Å². The van der Waals surface area contributed by atoms with E-state index in [2.05, 4.69) is 15.7 Å².